The monoisotopic (exact) mass is 190 g/mol. The van der Waals surface area contributed by atoms with Gasteiger partial charge in [0.25, 0.3) is 0 Å². The number of hydrogen-bond donors (Lipinski definition) is 0. The molecule has 0 aromatic carbocycles. The minimum Gasteiger partial charge on any atom is -0.229 e. The van der Waals surface area contributed by atoms with Crippen molar-refractivity contribution >= 4 is 9.84 Å². The van der Waals surface area contributed by atoms with Gasteiger partial charge in [-0.15, -0.1) is 0 Å². The molecule has 1 aliphatic heterocycles. The third-order valence-corrected chi connectivity index (χ3v) is 4.25. The topological polar surface area (TPSA) is 34.1 Å². The summed E-state index contributed by atoms with van der Waals surface area (Å²) in [4.78, 5) is 0. The van der Waals surface area contributed by atoms with Crippen molar-refractivity contribution in [1.82, 2.24) is 0 Å². The Morgan fingerprint density at radius 2 is 2.08 bits per heavy atom. The first kappa shape index (κ1) is 10.0. The van der Waals surface area contributed by atoms with Crippen molar-refractivity contribution in [2.45, 2.75) is 33.1 Å². The normalized spacial score (nSPS) is 29.1. The van der Waals surface area contributed by atoms with Gasteiger partial charge in [-0.05, 0) is 31.1 Å². The summed E-state index contributed by atoms with van der Waals surface area (Å²) in [5.74, 6) is 1.92. The van der Waals surface area contributed by atoms with E-state index in [0.29, 0.717) is 23.3 Å². The van der Waals surface area contributed by atoms with Gasteiger partial charge in [-0.1, -0.05) is 13.8 Å². The van der Waals surface area contributed by atoms with Gasteiger partial charge in [0.15, 0.2) is 9.84 Å². The summed E-state index contributed by atoms with van der Waals surface area (Å²) >= 11 is 0. The van der Waals surface area contributed by atoms with Crippen molar-refractivity contribution in [1.29, 1.82) is 0 Å². The molecule has 1 atom stereocenters. The summed E-state index contributed by atoms with van der Waals surface area (Å²) in [6.07, 6.45) is 3.05. The lowest BCUT2D eigenvalue weighted by Gasteiger charge is -2.23. The molecule has 1 unspecified atom stereocenters. The van der Waals surface area contributed by atoms with Crippen LogP contribution in [0.25, 0.3) is 0 Å². The Kier molecular flexibility index (Phi) is 3.16. The molecule has 0 N–H and O–H groups in total. The van der Waals surface area contributed by atoms with E-state index >= 15 is 0 Å². The second-order valence-electron chi connectivity index (χ2n) is 4.25. The standard InChI is InChI=1S/C9H18O2S/c1-8(2)6-9-4-3-5-12(10,11)7-9/h8-9H,3-7H2,1-2H3. The lowest BCUT2D eigenvalue weighted by Crippen LogP contribution is -2.25. The molecule has 1 rings (SSSR count). The zero-order valence-electron chi connectivity index (χ0n) is 7.91. The van der Waals surface area contributed by atoms with Crippen molar-refractivity contribution < 1.29 is 8.42 Å². The molecule has 0 bridgehead atoms. The highest BCUT2D eigenvalue weighted by Gasteiger charge is 2.24. The van der Waals surface area contributed by atoms with Crippen molar-refractivity contribution in [2.75, 3.05) is 11.5 Å². The first-order valence-electron chi connectivity index (χ1n) is 4.70. The van der Waals surface area contributed by atoms with Crippen molar-refractivity contribution in [3.05, 3.63) is 0 Å². The van der Waals surface area contributed by atoms with Crippen LogP contribution < -0.4 is 0 Å². The van der Waals surface area contributed by atoms with Gasteiger partial charge < -0.3 is 0 Å². The van der Waals surface area contributed by atoms with Crippen LogP contribution in [0.15, 0.2) is 0 Å². The smallest absolute Gasteiger partial charge is 0.150 e. The van der Waals surface area contributed by atoms with Crippen molar-refractivity contribution in [2.24, 2.45) is 11.8 Å². The highest BCUT2D eigenvalue weighted by Crippen LogP contribution is 2.24. The first-order valence-corrected chi connectivity index (χ1v) is 6.52. The van der Waals surface area contributed by atoms with E-state index in [1.54, 1.807) is 0 Å². The Morgan fingerprint density at radius 3 is 2.58 bits per heavy atom. The Labute approximate surface area is 75.3 Å². The summed E-state index contributed by atoms with van der Waals surface area (Å²) in [6.45, 7) is 4.31. The van der Waals surface area contributed by atoms with E-state index in [1.807, 2.05) is 0 Å². The van der Waals surface area contributed by atoms with E-state index in [0.717, 1.165) is 19.3 Å². The summed E-state index contributed by atoms with van der Waals surface area (Å²) in [5.41, 5.74) is 0. The molecule has 0 spiro atoms. The molecule has 3 heteroatoms. The average molecular weight is 190 g/mol. The Morgan fingerprint density at radius 1 is 1.42 bits per heavy atom. The summed E-state index contributed by atoms with van der Waals surface area (Å²) in [7, 11) is -2.68. The third-order valence-electron chi connectivity index (χ3n) is 2.36. The fraction of sp³-hybridized carbons (Fsp3) is 1.00. The maximum atomic E-state index is 11.2. The Hall–Kier alpha value is -0.0500. The maximum Gasteiger partial charge on any atom is 0.150 e. The van der Waals surface area contributed by atoms with Gasteiger partial charge >= 0.3 is 0 Å². The Bertz CT molecular complexity index is 229. The lowest BCUT2D eigenvalue weighted by molar-refractivity contribution is 0.399. The fourth-order valence-electron chi connectivity index (χ4n) is 1.97. The van der Waals surface area contributed by atoms with E-state index in [4.69, 9.17) is 0 Å². The predicted molar refractivity (Wildman–Crippen MR) is 50.8 cm³/mol. The molecule has 72 valence electrons. The first-order chi connectivity index (χ1) is 5.49. The van der Waals surface area contributed by atoms with Crippen LogP contribution in [0.2, 0.25) is 0 Å². The highest BCUT2D eigenvalue weighted by molar-refractivity contribution is 7.91. The van der Waals surface area contributed by atoms with Gasteiger partial charge in [-0.2, -0.15) is 0 Å². The second kappa shape index (κ2) is 3.77. The van der Waals surface area contributed by atoms with Crippen LogP contribution in [0.1, 0.15) is 33.1 Å². The summed E-state index contributed by atoms with van der Waals surface area (Å²) < 4.78 is 22.5. The molecule has 0 aromatic rings. The van der Waals surface area contributed by atoms with E-state index in [9.17, 15) is 8.42 Å². The summed E-state index contributed by atoms with van der Waals surface area (Å²) in [6, 6.07) is 0. The zero-order valence-corrected chi connectivity index (χ0v) is 8.73. The van der Waals surface area contributed by atoms with Crippen LogP contribution >= 0.6 is 0 Å². The minimum absolute atomic E-state index is 0.418. The number of hydrogen-bond acceptors (Lipinski definition) is 2. The van der Waals surface area contributed by atoms with Crippen molar-refractivity contribution in [3.63, 3.8) is 0 Å². The van der Waals surface area contributed by atoms with Crippen molar-refractivity contribution in [3.8, 4) is 0 Å². The highest BCUT2D eigenvalue weighted by atomic mass is 32.2. The van der Waals surface area contributed by atoms with Gasteiger partial charge in [0.2, 0.25) is 0 Å². The van der Waals surface area contributed by atoms with E-state index < -0.39 is 9.84 Å². The third kappa shape index (κ3) is 3.13. The largest absolute Gasteiger partial charge is 0.229 e. The molecule has 1 saturated heterocycles. The molecule has 1 heterocycles. The molecule has 0 amide bonds. The van der Waals surface area contributed by atoms with Gasteiger partial charge in [0.05, 0.1) is 11.5 Å². The quantitative estimate of drug-likeness (QED) is 0.666. The molecule has 0 aliphatic carbocycles. The minimum atomic E-state index is -2.68. The lowest BCUT2D eigenvalue weighted by atomic mass is 9.95. The molecular formula is C9H18O2S. The van der Waals surface area contributed by atoms with E-state index in [2.05, 4.69) is 13.8 Å². The van der Waals surface area contributed by atoms with Crippen LogP contribution in [-0.2, 0) is 9.84 Å². The molecular weight excluding hydrogens is 172 g/mol. The van der Waals surface area contributed by atoms with Crippen LogP contribution in [0.5, 0.6) is 0 Å². The van der Waals surface area contributed by atoms with Crippen LogP contribution in [0.3, 0.4) is 0 Å². The molecule has 0 radical (unpaired) electrons. The van der Waals surface area contributed by atoms with E-state index in [1.165, 1.54) is 0 Å². The molecule has 0 aromatic heterocycles. The van der Waals surface area contributed by atoms with Crippen LogP contribution in [0, 0.1) is 11.8 Å². The zero-order chi connectivity index (χ0) is 9.19. The SMILES string of the molecule is CC(C)CC1CCCS(=O)(=O)C1. The Balaban J connectivity index is 2.47. The van der Waals surface area contributed by atoms with Gasteiger partial charge in [0, 0.05) is 0 Å². The fourth-order valence-corrected chi connectivity index (χ4v) is 3.76. The number of rotatable bonds is 2. The van der Waals surface area contributed by atoms with E-state index in [-0.39, 0.29) is 0 Å². The predicted octanol–water partition coefficient (Wildman–Crippen LogP) is 1.86. The second-order valence-corrected chi connectivity index (χ2v) is 6.48. The molecule has 12 heavy (non-hydrogen) atoms. The molecule has 1 fully saturated rings. The molecule has 1 aliphatic rings. The maximum absolute atomic E-state index is 11.2. The van der Waals surface area contributed by atoms with Crippen LogP contribution in [-0.4, -0.2) is 19.9 Å². The molecule has 2 nitrogen and oxygen atoms in total. The number of sulfone groups is 1. The van der Waals surface area contributed by atoms with Gasteiger partial charge in [-0.3, -0.25) is 0 Å². The molecule has 0 saturated carbocycles. The average Bonchev–Trinajstić information content (AvgIpc) is 1.82. The van der Waals surface area contributed by atoms with Gasteiger partial charge in [0.1, 0.15) is 0 Å². The summed E-state index contributed by atoms with van der Waals surface area (Å²) in [5, 5.41) is 0. The van der Waals surface area contributed by atoms with Crippen LogP contribution in [0.4, 0.5) is 0 Å². The van der Waals surface area contributed by atoms with Gasteiger partial charge in [-0.25, -0.2) is 8.42 Å².